The Morgan fingerprint density at radius 1 is 1.27 bits per heavy atom. The van der Waals surface area contributed by atoms with Gasteiger partial charge in [0.05, 0.1) is 7.11 Å². The van der Waals surface area contributed by atoms with Crippen molar-refractivity contribution in [1.82, 2.24) is 15.5 Å². The van der Waals surface area contributed by atoms with Crippen molar-refractivity contribution in [3.63, 3.8) is 0 Å². The minimum atomic E-state index is -0.592. The molecule has 1 aliphatic rings. The third kappa shape index (κ3) is 6.88. The maximum absolute atomic E-state index is 12.2. The number of rotatable bonds is 8. The molecule has 1 aromatic carbocycles. The topological polar surface area (TPSA) is 70.7 Å². The zero-order valence-corrected chi connectivity index (χ0v) is 16.4. The molecule has 1 aliphatic heterocycles. The first-order valence-corrected chi connectivity index (χ1v) is 10.4. The van der Waals surface area contributed by atoms with E-state index in [1.165, 1.54) is 12.7 Å². The molecule has 0 aliphatic carbocycles. The van der Waals surface area contributed by atoms with Crippen LogP contribution in [0.1, 0.15) is 24.8 Å². The van der Waals surface area contributed by atoms with Gasteiger partial charge in [0, 0.05) is 25.7 Å². The molecule has 1 aromatic rings. The van der Waals surface area contributed by atoms with Crippen LogP contribution >= 0.6 is 11.8 Å². The summed E-state index contributed by atoms with van der Waals surface area (Å²) in [6.07, 6.45) is 4.36. The molecular weight excluding hydrogens is 350 g/mol. The lowest BCUT2D eigenvalue weighted by Crippen LogP contribution is -2.52. The first-order chi connectivity index (χ1) is 12.6. The first-order valence-electron chi connectivity index (χ1n) is 9.02. The number of likely N-dealkylation sites (tertiary alicyclic amines) is 1. The molecule has 0 bridgehead atoms. The first kappa shape index (κ1) is 20.6. The number of benzene rings is 1. The normalized spacial score (nSPS) is 16.7. The second-order valence-electron chi connectivity index (χ2n) is 6.51. The van der Waals surface area contributed by atoms with Crippen LogP contribution in [0.2, 0.25) is 0 Å². The highest BCUT2D eigenvalue weighted by Crippen LogP contribution is 2.14. The fourth-order valence-corrected chi connectivity index (χ4v) is 3.56. The monoisotopic (exact) mass is 379 g/mol. The molecule has 0 unspecified atom stereocenters. The summed E-state index contributed by atoms with van der Waals surface area (Å²) in [6.45, 7) is 2.85. The molecular formula is C19H29N3O3S. The zero-order chi connectivity index (χ0) is 18.8. The Kier molecular flexibility index (Phi) is 8.77. The van der Waals surface area contributed by atoms with Gasteiger partial charge in [-0.25, -0.2) is 9.59 Å². The molecule has 7 heteroatoms. The van der Waals surface area contributed by atoms with Crippen LogP contribution in [0.5, 0.6) is 0 Å². The van der Waals surface area contributed by atoms with Crippen molar-refractivity contribution >= 4 is 23.8 Å². The summed E-state index contributed by atoms with van der Waals surface area (Å²) in [5.74, 6) is 0.393. The standard InChI is InChI=1S/C19H29N3O3S/c1-25-18(23)17(10-13-26-2)21-19(24)20-16-8-11-22(12-9-16)14-15-6-4-3-5-7-15/h3-7,16-17H,8-14H2,1-2H3,(H2,20,21,24)/t17-/m0/s1. The molecule has 26 heavy (non-hydrogen) atoms. The van der Waals surface area contributed by atoms with Gasteiger partial charge in [-0.05, 0) is 36.8 Å². The molecule has 1 saturated heterocycles. The maximum Gasteiger partial charge on any atom is 0.328 e. The largest absolute Gasteiger partial charge is 0.467 e. The number of esters is 1. The lowest BCUT2D eigenvalue weighted by molar-refractivity contribution is -0.142. The number of nitrogens with one attached hydrogen (secondary N) is 2. The number of methoxy groups -OCH3 is 1. The SMILES string of the molecule is COC(=O)[C@H](CCSC)NC(=O)NC1CCN(Cc2ccccc2)CC1. The van der Waals surface area contributed by atoms with Crippen LogP contribution in [0.15, 0.2) is 30.3 Å². The number of nitrogens with zero attached hydrogens (tertiary/aromatic N) is 1. The van der Waals surface area contributed by atoms with E-state index in [1.54, 1.807) is 11.8 Å². The number of ether oxygens (including phenoxy) is 1. The second kappa shape index (κ2) is 11.1. The number of carbonyl (C=O) groups is 2. The van der Waals surface area contributed by atoms with Crippen LogP contribution in [0, 0.1) is 0 Å². The van der Waals surface area contributed by atoms with E-state index in [2.05, 4.69) is 39.8 Å². The number of thioether (sulfide) groups is 1. The van der Waals surface area contributed by atoms with E-state index in [1.807, 2.05) is 12.3 Å². The Hall–Kier alpha value is -1.73. The smallest absolute Gasteiger partial charge is 0.328 e. The molecule has 2 amide bonds. The Balaban J connectivity index is 1.73. The number of hydrogen-bond acceptors (Lipinski definition) is 5. The lowest BCUT2D eigenvalue weighted by Gasteiger charge is -2.32. The van der Waals surface area contributed by atoms with Crippen molar-refractivity contribution in [2.45, 2.75) is 37.9 Å². The van der Waals surface area contributed by atoms with Crippen LogP contribution < -0.4 is 10.6 Å². The average Bonchev–Trinajstić information content (AvgIpc) is 2.67. The summed E-state index contributed by atoms with van der Waals surface area (Å²) in [7, 11) is 1.34. The van der Waals surface area contributed by atoms with Gasteiger partial charge in [-0.15, -0.1) is 0 Å². The summed E-state index contributed by atoms with van der Waals surface area (Å²) in [5.41, 5.74) is 1.31. The molecule has 0 saturated carbocycles. The van der Waals surface area contributed by atoms with Crippen molar-refractivity contribution in [1.29, 1.82) is 0 Å². The molecule has 0 radical (unpaired) electrons. The van der Waals surface area contributed by atoms with E-state index in [-0.39, 0.29) is 12.1 Å². The summed E-state index contributed by atoms with van der Waals surface area (Å²) in [4.78, 5) is 26.4. The fraction of sp³-hybridized carbons (Fsp3) is 0.579. The predicted molar refractivity (Wildman–Crippen MR) is 105 cm³/mol. The van der Waals surface area contributed by atoms with E-state index in [0.29, 0.717) is 6.42 Å². The fourth-order valence-electron chi connectivity index (χ4n) is 3.09. The number of carbonyl (C=O) groups excluding carboxylic acids is 2. The molecule has 1 fully saturated rings. The van der Waals surface area contributed by atoms with Crippen molar-refractivity contribution in [2.75, 3.05) is 32.2 Å². The molecule has 2 N–H and O–H groups in total. The molecule has 0 spiro atoms. The van der Waals surface area contributed by atoms with Crippen molar-refractivity contribution in [2.24, 2.45) is 0 Å². The third-order valence-corrected chi connectivity index (χ3v) is 5.22. The van der Waals surface area contributed by atoms with E-state index in [9.17, 15) is 9.59 Å². The summed E-state index contributed by atoms with van der Waals surface area (Å²) >= 11 is 1.64. The van der Waals surface area contributed by atoms with Crippen LogP contribution in [0.4, 0.5) is 4.79 Å². The van der Waals surface area contributed by atoms with Gasteiger partial charge in [-0.1, -0.05) is 30.3 Å². The Bertz CT molecular complexity index is 562. The van der Waals surface area contributed by atoms with E-state index in [4.69, 9.17) is 4.74 Å². The van der Waals surface area contributed by atoms with Crippen LogP contribution in [-0.2, 0) is 16.1 Å². The number of hydrogen-bond donors (Lipinski definition) is 2. The van der Waals surface area contributed by atoms with Crippen molar-refractivity contribution in [3.05, 3.63) is 35.9 Å². The highest BCUT2D eigenvalue weighted by molar-refractivity contribution is 7.98. The van der Waals surface area contributed by atoms with Gasteiger partial charge in [0.25, 0.3) is 0 Å². The highest BCUT2D eigenvalue weighted by atomic mass is 32.2. The Morgan fingerprint density at radius 3 is 2.58 bits per heavy atom. The molecule has 6 nitrogen and oxygen atoms in total. The number of urea groups is 1. The lowest BCUT2D eigenvalue weighted by atomic mass is 10.0. The number of piperidine rings is 1. The van der Waals surface area contributed by atoms with Gasteiger partial charge in [0.2, 0.25) is 0 Å². The van der Waals surface area contributed by atoms with Crippen LogP contribution in [-0.4, -0.2) is 61.2 Å². The van der Waals surface area contributed by atoms with Gasteiger partial charge in [-0.2, -0.15) is 11.8 Å². The maximum atomic E-state index is 12.2. The van der Waals surface area contributed by atoms with E-state index >= 15 is 0 Å². The molecule has 1 atom stereocenters. The third-order valence-electron chi connectivity index (χ3n) is 4.57. The molecule has 2 rings (SSSR count). The second-order valence-corrected chi connectivity index (χ2v) is 7.50. The Labute approximate surface area is 160 Å². The molecule has 1 heterocycles. The summed E-state index contributed by atoms with van der Waals surface area (Å²) in [5, 5.41) is 5.75. The quantitative estimate of drug-likeness (QED) is 0.678. The van der Waals surface area contributed by atoms with Gasteiger partial charge in [-0.3, -0.25) is 4.90 Å². The predicted octanol–water partition coefficient (Wildman–Crippen LogP) is 2.24. The van der Waals surface area contributed by atoms with Crippen LogP contribution in [0.3, 0.4) is 0 Å². The van der Waals surface area contributed by atoms with E-state index in [0.717, 1.165) is 38.2 Å². The highest BCUT2D eigenvalue weighted by Gasteiger charge is 2.24. The number of amides is 2. The molecule has 0 aromatic heterocycles. The zero-order valence-electron chi connectivity index (χ0n) is 15.6. The van der Waals surface area contributed by atoms with Gasteiger partial charge >= 0.3 is 12.0 Å². The van der Waals surface area contributed by atoms with Crippen LogP contribution in [0.25, 0.3) is 0 Å². The minimum Gasteiger partial charge on any atom is -0.467 e. The average molecular weight is 380 g/mol. The van der Waals surface area contributed by atoms with Crippen molar-refractivity contribution in [3.8, 4) is 0 Å². The van der Waals surface area contributed by atoms with E-state index < -0.39 is 12.0 Å². The minimum absolute atomic E-state index is 0.140. The van der Waals surface area contributed by atoms with Gasteiger partial charge in [0.15, 0.2) is 0 Å². The van der Waals surface area contributed by atoms with Crippen molar-refractivity contribution < 1.29 is 14.3 Å². The summed E-state index contributed by atoms with van der Waals surface area (Å²) in [6, 6.07) is 9.68. The summed E-state index contributed by atoms with van der Waals surface area (Å²) < 4.78 is 4.77. The van der Waals surface area contributed by atoms with Gasteiger partial charge < -0.3 is 15.4 Å². The molecule has 144 valence electrons. The Morgan fingerprint density at radius 2 is 1.96 bits per heavy atom. The van der Waals surface area contributed by atoms with Gasteiger partial charge in [0.1, 0.15) is 6.04 Å².